The highest BCUT2D eigenvalue weighted by atomic mass is 16.4. The molecule has 1 aliphatic heterocycles. The van der Waals surface area contributed by atoms with Crippen LogP contribution in [0.3, 0.4) is 0 Å². The van der Waals surface area contributed by atoms with E-state index in [0.29, 0.717) is 13.1 Å². The first-order chi connectivity index (χ1) is 22.0. The number of nitrogens with one attached hydrogen (secondary N) is 5. The largest absolute Gasteiger partial charge is 0.481 e. The van der Waals surface area contributed by atoms with Crippen LogP contribution in [0, 0.1) is 23.7 Å². The maximum atomic E-state index is 13.6. The van der Waals surface area contributed by atoms with Crippen molar-refractivity contribution < 1.29 is 43.8 Å². The second-order valence-corrected chi connectivity index (χ2v) is 13.8. The molecule has 6 amide bonds. The number of amides is 6. The summed E-state index contributed by atoms with van der Waals surface area (Å²) < 4.78 is 0. The average Bonchev–Trinajstić information content (AvgIpc) is 3.51. The molecule has 2 fully saturated rings. The molecule has 1 unspecified atom stereocenters. The Kier molecular flexibility index (Phi) is 15.4. The fourth-order valence-corrected chi connectivity index (χ4v) is 6.20. The van der Waals surface area contributed by atoms with Crippen LogP contribution in [-0.2, 0) is 28.8 Å². The van der Waals surface area contributed by atoms with E-state index in [4.69, 9.17) is 0 Å². The van der Waals surface area contributed by atoms with Gasteiger partial charge < -0.3 is 41.7 Å². The molecule has 7 atom stereocenters. The van der Waals surface area contributed by atoms with Gasteiger partial charge in [-0.1, -0.05) is 48.0 Å². The van der Waals surface area contributed by atoms with Gasteiger partial charge in [-0.3, -0.25) is 24.0 Å². The lowest BCUT2D eigenvalue weighted by Gasteiger charge is -2.35. The molecule has 0 aromatic carbocycles. The number of rotatable bonds is 16. The second kappa shape index (κ2) is 18.4. The van der Waals surface area contributed by atoms with Gasteiger partial charge in [-0.25, -0.2) is 9.59 Å². The van der Waals surface area contributed by atoms with E-state index in [1.807, 2.05) is 0 Å². The zero-order valence-electron chi connectivity index (χ0n) is 28.5. The Hall–Kier alpha value is -3.91. The van der Waals surface area contributed by atoms with Crippen LogP contribution < -0.4 is 26.6 Å². The molecule has 47 heavy (non-hydrogen) atoms. The van der Waals surface area contributed by atoms with E-state index in [9.17, 15) is 43.8 Å². The first-order valence-corrected chi connectivity index (χ1v) is 16.7. The molecule has 1 saturated carbocycles. The smallest absolute Gasteiger partial charge is 0.326 e. The molecule has 15 heteroatoms. The highest BCUT2D eigenvalue weighted by Gasteiger charge is 2.36. The molecule has 7 N–H and O–H groups in total. The third-order valence-electron chi connectivity index (χ3n) is 8.88. The van der Waals surface area contributed by atoms with E-state index < -0.39 is 84.5 Å². The minimum Gasteiger partial charge on any atom is -0.481 e. The van der Waals surface area contributed by atoms with Crippen molar-refractivity contribution in [1.29, 1.82) is 0 Å². The van der Waals surface area contributed by atoms with Gasteiger partial charge in [-0.15, -0.1) is 0 Å². The van der Waals surface area contributed by atoms with E-state index in [1.165, 1.54) is 0 Å². The van der Waals surface area contributed by atoms with Gasteiger partial charge in [0.1, 0.15) is 24.2 Å². The van der Waals surface area contributed by atoms with Crippen LogP contribution in [0.15, 0.2) is 0 Å². The molecule has 2 rings (SSSR count). The van der Waals surface area contributed by atoms with Crippen molar-refractivity contribution in [1.82, 2.24) is 31.5 Å². The Labute approximate surface area is 276 Å². The van der Waals surface area contributed by atoms with Crippen molar-refractivity contribution >= 4 is 41.6 Å². The highest BCUT2D eigenvalue weighted by Crippen LogP contribution is 2.28. The van der Waals surface area contributed by atoms with Crippen LogP contribution in [0.1, 0.15) is 92.9 Å². The van der Waals surface area contributed by atoms with E-state index in [-0.39, 0.29) is 30.2 Å². The summed E-state index contributed by atoms with van der Waals surface area (Å²) in [5.41, 5.74) is 0. The van der Waals surface area contributed by atoms with Gasteiger partial charge in [0.05, 0.1) is 12.8 Å². The molecule has 15 nitrogen and oxygen atoms in total. The van der Waals surface area contributed by atoms with Gasteiger partial charge in [0.25, 0.3) is 0 Å². The van der Waals surface area contributed by atoms with Crippen LogP contribution in [0.5, 0.6) is 0 Å². The molecule has 0 bridgehead atoms. The van der Waals surface area contributed by atoms with Crippen molar-refractivity contribution in [3.63, 3.8) is 0 Å². The van der Waals surface area contributed by atoms with E-state index >= 15 is 0 Å². The van der Waals surface area contributed by atoms with Crippen molar-refractivity contribution in [3.05, 3.63) is 0 Å². The Bertz CT molecular complexity index is 1130. The number of carbonyl (C=O) groups is 7. The zero-order valence-corrected chi connectivity index (χ0v) is 28.5. The van der Waals surface area contributed by atoms with Gasteiger partial charge in [0, 0.05) is 19.1 Å². The molecule has 0 aromatic rings. The maximum Gasteiger partial charge on any atom is 0.326 e. The van der Waals surface area contributed by atoms with Gasteiger partial charge in [-0.2, -0.15) is 0 Å². The normalized spacial score (nSPS) is 22.0. The standard InChI is InChI=1S/C32H54N6O9/c1-17(2)14-23(31(45)46)35-29(43)22(16-25(40)41)33-28(42)21(15-24(39)38-12-7-8-13-38)34-30(44)26(18(3)4)36-32(47)37-27-19(5)10-9-11-20(27)6/h17-23,26-27H,7-16H2,1-6H3,(H,33,42)(H,34,44)(H,35,43)(H,40,41)(H,45,46)(H2,36,37,47)/t19-,20+,21-,22+,23+,26+,27?/m0/s1. The minimum atomic E-state index is -1.69. The molecule has 0 aromatic heterocycles. The summed E-state index contributed by atoms with van der Waals surface area (Å²) in [6.07, 6.45) is 3.30. The molecule has 1 heterocycles. The van der Waals surface area contributed by atoms with Gasteiger partial charge >= 0.3 is 18.0 Å². The summed E-state index contributed by atoms with van der Waals surface area (Å²) >= 11 is 0. The van der Waals surface area contributed by atoms with Crippen LogP contribution in [-0.4, -0.2) is 100 Å². The van der Waals surface area contributed by atoms with Crippen molar-refractivity contribution in [3.8, 4) is 0 Å². The van der Waals surface area contributed by atoms with Crippen LogP contribution in [0.25, 0.3) is 0 Å². The van der Waals surface area contributed by atoms with Crippen molar-refractivity contribution in [2.45, 2.75) is 123 Å². The third kappa shape index (κ3) is 12.7. The van der Waals surface area contributed by atoms with Gasteiger partial charge in [0.2, 0.25) is 23.6 Å². The molecular formula is C32H54N6O9. The predicted molar refractivity (Wildman–Crippen MR) is 172 cm³/mol. The third-order valence-corrected chi connectivity index (χ3v) is 8.88. The number of urea groups is 1. The quantitative estimate of drug-likeness (QED) is 0.126. The van der Waals surface area contributed by atoms with Crippen molar-refractivity contribution in [2.24, 2.45) is 23.7 Å². The molecular weight excluding hydrogens is 612 g/mol. The lowest BCUT2D eigenvalue weighted by atomic mass is 9.79. The van der Waals surface area contributed by atoms with Gasteiger partial charge in [0.15, 0.2) is 0 Å². The van der Waals surface area contributed by atoms with Crippen LogP contribution >= 0.6 is 0 Å². The summed E-state index contributed by atoms with van der Waals surface area (Å²) in [6, 6.07) is -6.24. The zero-order chi connectivity index (χ0) is 35.4. The fourth-order valence-electron chi connectivity index (χ4n) is 6.20. The van der Waals surface area contributed by atoms with Gasteiger partial charge in [-0.05, 0) is 55.8 Å². The lowest BCUT2D eigenvalue weighted by molar-refractivity contribution is -0.144. The first kappa shape index (κ1) is 39.3. The number of hydrogen-bond donors (Lipinski definition) is 7. The number of nitrogens with zero attached hydrogens (tertiary/aromatic N) is 1. The fraction of sp³-hybridized carbons (Fsp3) is 0.781. The Morgan fingerprint density at radius 2 is 1.21 bits per heavy atom. The SMILES string of the molecule is CC(C)C[C@@H](NC(=O)[C@@H](CC(=O)O)NC(=O)[C@H](CC(=O)N1CCCC1)NC(=O)[C@H](NC(=O)NC1[C@H](C)CCC[C@@H]1C)C(C)C)C(=O)O. The van der Waals surface area contributed by atoms with E-state index in [0.717, 1.165) is 32.1 Å². The summed E-state index contributed by atoms with van der Waals surface area (Å²) in [5, 5.41) is 31.8. The van der Waals surface area contributed by atoms with E-state index in [2.05, 4.69) is 40.4 Å². The number of likely N-dealkylation sites (tertiary alicyclic amines) is 1. The van der Waals surface area contributed by atoms with Crippen molar-refractivity contribution in [2.75, 3.05) is 13.1 Å². The summed E-state index contributed by atoms with van der Waals surface area (Å²) in [7, 11) is 0. The minimum absolute atomic E-state index is 0.0631. The lowest BCUT2D eigenvalue weighted by Crippen LogP contribution is -2.60. The Morgan fingerprint density at radius 1 is 0.702 bits per heavy atom. The number of carbonyl (C=O) groups excluding carboxylic acids is 5. The average molecular weight is 667 g/mol. The molecule has 266 valence electrons. The van der Waals surface area contributed by atoms with Crippen LogP contribution in [0.4, 0.5) is 4.79 Å². The van der Waals surface area contributed by atoms with E-state index in [1.54, 1.807) is 32.6 Å². The monoisotopic (exact) mass is 666 g/mol. The topological polar surface area (TPSA) is 223 Å². The molecule has 1 aliphatic carbocycles. The number of carboxylic acids is 2. The second-order valence-electron chi connectivity index (χ2n) is 13.8. The Morgan fingerprint density at radius 3 is 1.70 bits per heavy atom. The summed E-state index contributed by atoms with van der Waals surface area (Å²) in [6.45, 7) is 12.0. The maximum absolute atomic E-state index is 13.6. The highest BCUT2D eigenvalue weighted by molar-refractivity contribution is 5.98. The number of hydrogen-bond acceptors (Lipinski definition) is 7. The number of aliphatic carboxylic acids is 2. The Balaban J connectivity index is 2.25. The summed E-state index contributed by atoms with van der Waals surface area (Å²) in [4.78, 5) is 91.2. The first-order valence-electron chi connectivity index (χ1n) is 16.7. The van der Waals surface area contributed by atoms with Crippen LogP contribution in [0.2, 0.25) is 0 Å². The predicted octanol–water partition coefficient (Wildman–Crippen LogP) is 1.21. The molecule has 0 spiro atoms. The molecule has 2 aliphatic rings. The number of carboxylic acid groups (broad SMARTS) is 2. The summed E-state index contributed by atoms with van der Waals surface area (Å²) in [5.74, 6) is -5.97. The molecule has 0 radical (unpaired) electrons. The molecule has 1 saturated heterocycles.